The largest absolute Gasteiger partial charge is 0.288 e. The third-order valence-electron chi connectivity index (χ3n) is 3.82. The van der Waals surface area contributed by atoms with Crippen molar-refractivity contribution in [3.63, 3.8) is 0 Å². The van der Waals surface area contributed by atoms with Gasteiger partial charge in [-0.15, -0.1) is 0 Å². The lowest BCUT2D eigenvalue weighted by Gasteiger charge is -2.34. The van der Waals surface area contributed by atoms with E-state index in [0.29, 0.717) is 18.3 Å². The summed E-state index contributed by atoms with van der Waals surface area (Å²) in [5.41, 5.74) is 2.30. The number of hydrogen-bond acceptors (Lipinski definition) is 7. The van der Waals surface area contributed by atoms with Crippen LogP contribution in [-0.2, 0) is 14.9 Å². The topological polar surface area (TPSA) is 77.8 Å². The molecule has 2 heterocycles. The first kappa shape index (κ1) is 16.6. The molecule has 0 bridgehead atoms. The van der Waals surface area contributed by atoms with Crippen molar-refractivity contribution in [2.24, 2.45) is 9.98 Å². The Kier molecular flexibility index (Phi) is 4.16. The second-order valence-corrected chi connectivity index (χ2v) is 7.32. The number of allylic oxidation sites excluding steroid dienone is 2. The second-order valence-electron chi connectivity index (χ2n) is 5.41. The van der Waals surface area contributed by atoms with Crippen molar-refractivity contribution in [2.45, 2.75) is 18.7 Å². The van der Waals surface area contributed by atoms with Gasteiger partial charge in [-0.25, -0.2) is 23.4 Å². The highest BCUT2D eigenvalue weighted by Gasteiger charge is 2.34. The molecule has 0 N–H and O–H groups in total. The molecule has 0 spiro atoms. The molecule has 3 rings (SSSR count). The standard InChI is InChI=1S/C15H19N5O3S/c1-11-9-12(2)20-15(17-11)16-10-19(20)13-7-5-6-8-14(13)24(21,22)18(3)23-4/h5-9H,10H2,1-4H3. The molecule has 1 aromatic carbocycles. The van der Waals surface area contributed by atoms with Crippen LogP contribution >= 0.6 is 0 Å². The van der Waals surface area contributed by atoms with Gasteiger partial charge in [-0.3, -0.25) is 9.85 Å². The van der Waals surface area contributed by atoms with Crippen LogP contribution < -0.4 is 5.01 Å². The van der Waals surface area contributed by atoms with Crippen LogP contribution in [0.5, 0.6) is 0 Å². The lowest BCUT2D eigenvalue weighted by Crippen LogP contribution is -2.42. The molecule has 0 saturated heterocycles. The van der Waals surface area contributed by atoms with E-state index in [4.69, 9.17) is 4.84 Å². The number of hydroxylamine groups is 1. The summed E-state index contributed by atoms with van der Waals surface area (Å²) in [5.74, 6) is 0.555. The Balaban J connectivity index is 2.06. The summed E-state index contributed by atoms with van der Waals surface area (Å²) in [6, 6.07) is 6.76. The normalized spacial score (nSPS) is 17.6. The maximum absolute atomic E-state index is 12.7. The molecule has 0 saturated carbocycles. The van der Waals surface area contributed by atoms with Gasteiger partial charge in [0.05, 0.1) is 12.8 Å². The molecule has 0 fully saturated rings. The van der Waals surface area contributed by atoms with Gasteiger partial charge in [0.1, 0.15) is 11.6 Å². The Morgan fingerprint density at radius 3 is 2.67 bits per heavy atom. The average molecular weight is 349 g/mol. The summed E-state index contributed by atoms with van der Waals surface area (Å²) in [5, 5.41) is 3.60. The minimum atomic E-state index is -3.79. The van der Waals surface area contributed by atoms with Crippen molar-refractivity contribution in [1.29, 1.82) is 0 Å². The number of rotatable bonds is 4. The number of fused-ring (bicyclic) bond motifs is 1. The van der Waals surface area contributed by atoms with Crippen LogP contribution in [0.4, 0.5) is 5.69 Å². The molecule has 128 valence electrons. The van der Waals surface area contributed by atoms with Gasteiger partial charge in [0.25, 0.3) is 10.0 Å². The third kappa shape index (κ3) is 2.60. The van der Waals surface area contributed by atoms with Gasteiger partial charge in [0.2, 0.25) is 5.96 Å². The molecule has 2 aliphatic rings. The van der Waals surface area contributed by atoms with Crippen molar-refractivity contribution >= 4 is 27.4 Å². The minimum absolute atomic E-state index is 0.143. The van der Waals surface area contributed by atoms with Gasteiger partial charge in [-0.1, -0.05) is 16.6 Å². The first-order valence-electron chi connectivity index (χ1n) is 7.34. The van der Waals surface area contributed by atoms with Crippen molar-refractivity contribution < 1.29 is 13.3 Å². The highest BCUT2D eigenvalue weighted by molar-refractivity contribution is 7.89. The van der Waals surface area contributed by atoms with Gasteiger partial charge >= 0.3 is 0 Å². The molecule has 24 heavy (non-hydrogen) atoms. The van der Waals surface area contributed by atoms with E-state index in [-0.39, 0.29) is 4.90 Å². The molecule has 2 aliphatic heterocycles. The Morgan fingerprint density at radius 2 is 1.96 bits per heavy atom. The number of sulfonamides is 1. The fraction of sp³-hybridized carbons (Fsp3) is 0.333. The van der Waals surface area contributed by atoms with E-state index in [0.717, 1.165) is 15.9 Å². The SMILES string of the molecule is CON(C)S(=O)(=O)c1ccccc1N1CN=C2N=C(C)C=C(C)N21. The van der Waals surface area contributed by atoms with Crippen LogP contribution in [0.25, 0.3) is 0 Å². The monoisotopic (exact) mass is 349 g/mol. The van der Waals surface area contributed by atoms with Crippen molar-refractivity contribution in [3.05, 3.63) is 36.0 Å². The zero-order valence-corrected chi connectivity index (χ0v) is 14.8. The molecule has 0 radical (unpaired) electrons. The molecule has 0 unspecified atom stereocenters. The maximum atomic E-state index is 12.7. The van der Waals surface area contributed by atoms with E-state index < -0.39 is 10.0 Å². The van der Waals surface area contributed by atoms with Crippen LogP contribution in [0.3, 0.4) is 0 Å². The summed E-state index contributed by atoms with van der Waals surface area (Å²) >= 11 is 0. The van der Waals surface area contributed by atoms with Gasteiger partial charge < -0.3 is 0 Å². The minimum Gasteiger partial charge on any atom is -0.288 e. The Bertz CT molecular complexity index is 860. The smallest absolute Gasteiger partial charge is 0.266 e. The lowest BCUT2D eigenvalue weighted by atomic mass is 10.3. The Hall–Kier alpha value is -2.23. The maximum Gasteiger partial charge on any atom is 0.266 e. The molecular formula is C15H19N5O3S. The molecular weight excluding hydrogens is 330 g/mol. The summed E-state index contributed by atoms with van der Waals surface area (Å²) in [4.78, 5) is 13.8. The zero-order valence-electron chi connectivity index (χ0n) is 14.0. The van der Waals surface area contributed by atoms with Crippen LogP contribution in [0.1, 0.15) is 13.8 Å². The van der Waals surface area contributed by atoms with Gasteiger partial charge in [0.15, 0.2) is 0 Å². The number of guanidine groups is 1. The van der Waals surface area contributed by atoms with Crippen LogP contribution in [-0.4, -0.2) is 50.4 Å². The second kappa shape index (κ2) is 6.00. The third-order valence-corrected chi connectivity index (χ3v) is 5.55. The number of benzene rings is 1. The summed E-state index contributed by atoms with van der Waals surface area (Å²) in [6.45, 7) is 4.13. The molecule has 9 heteroatoms. The quantitative estimate of drug-likeness (QED) is 0.772. The zero-order chi connectivity index (χ0) is 17.5. The molecule has 0 aromatic heterocycles. The van der Waals surface area contributed by atoms with Gasteiger partial charge in [-0.05, 0) is 32.1 Å². The predicted octanol–water partition coefficient (Wildman–Crippen LogP) is 1.60. The van der Waals surface area contributed by atoms with Crippen molar-refractivity contribution in [3.8, 4) is 0 Å². The van der Waals surface area contributed by atoms with E-state index in [1.54, 1.807) is 29.3 Å². The summed E-state index contributed by atoms with van der Waals surface area (Å²) < 4.78 is 26.3. The van der Waals surface area contributed by atoms with Crippen LogP contribution in [0.15, 0.2) is 50.9 Å². The van der Waals surface area contributed by atoms with Crippen LogP contribution in [0.2, 0.25) is 0 Å². The van der Waals surface area contributed by atoms with Gasteiger partial charge in [0, 0.05) is 18.5 Å². The van der Waals surface area contributed by atoms with E-state index in [1.807, 2.05) is 24.9 Å². The first-order valence-corrected chi connectivity index (χ1v) is 8.78. The number of hydrogen-bond donors (Lipinski definition) is 0. The van der Waals surface area contributed by atoms with E-state index in [9.17, 15) is 8.42 Å². The highest BCUT2D eigenvalue weighted by Crippen LogP contribution is 2.32. The van der Waals surface area contributed by atoms with Gasteiger partial charge in [-0.2, -0.15) is 0 Å². The number of aliphatic imine (C=N–C) groups is 2. The molecule has 0 amide bonds. The van der Waals surface area contributed by atoms with E-state index in [2.05, 4.69) is 9.98 Å². The lowest BCUT2D eigenvalue weighted by molar-refractivity contribution is -0.0258. The molecule has 0 aliphatic carbocycles. The Morgan fingerprint density at radius 1 is 1.25 bits per heavy atom. The number of para-hydroxylation sites is 1. The van der Waals surface area contributed by atoms with Crippen LogP contribution in [0, 0.1) is 0 Å². The first-order chi connectivity index (χ1) is 11.4. The molecule has 1 aromatic rings. The van der Waals surface area contributed by atoms with E-state index in [1.165, 1.54) is 14.2 Å². The molecule has 0 atom stereocenters. The predicted molar refractivity (Wildman–Crippen MR) is 91.9 cm³/mol. The fourth-order valence-electron chi connectivity index (χ4n) is 2.66. The number of hydrazine groups is 1. The fourth-order valence-corrected chi connectivity index (χ4v) is 3.82. The van der Waals surface area contributed by atoms with E-state index >= 15 is 0 Å². The number of anilines is 1. The Labute approximate surface area is 141 Å². The number of nitrogens with zero attached hydrogens (tertiary/aromatic N) is 5. The highest BCUT2D eigenvalue weighted by atomic mass is 32.2. The molecule has 8 nitrogen and oxygen atoms in total. The summed E-state index contributed by atoms with van der Waals surface area (Å²) in [6.07, 6.45) is 1.93. The average Bonchev–Trinajstić information content (AvgIpc) is 2.97. The summed E-state index contributed by atoms with van der Waals surface area (Å²) in [7, 11) is -1.12. The van der Waals surface area contributed by atoms with Crippen molar-refractivity contribution in [1.82, 2.24) is 9.48 Å². The van der Waals surface area contributed by atoms with Crippen molar-refractivity contribution in [2.75, 3.05) is 25.8 Å².